The monoisotopic (exact) mass is 292 g/mol. The minimum atomic E-state index is 0.130. The summed E-state index contributed by atoms with van der Waals surface area (Å²) in [7, 11) is 0. The zero-order chi connectivity index (χ0) is 14.8. The largest absolute Gasteiger partial charge is 0.378 e. The first kappa shape index (κ1) is 14.5. The molecule has 2 fully saturated rings. The number of morpholine rings is 1. The van der Waals surface area contributed by atoms with Gasteiger partial charge in [-0.3, -0.25) is 9.48 Å². The molecule has 2 aliphatic rings. The molecule has 0 unspecified atom stereocenters. The van der Waals surface area contributed by atoms with E-state index in [0.29, 0.717) is 38.9 Å². The van der Waals surface area contributed by atoms with Crippen molar-refractivity contribution in [2.75, 3.05) is 26.3 Å². The molecule has 0 spiro atoms. The van der Waals surface area contributed by atoms with E-state index in [4.69, 9.17) is 4.74 Å². The van der Waals surface area contributed by atoms with E-state index in [9.17, 15) is 4.79 Å². The van der Waals surface area contributed by atoms with Gasteiger partial charge in [0.25, 0.3) is 0 Å². The van der Waals surface area contributed by atoms with Crippen LogP contribution in [0.15, 0.2) is 0 Å². The summed E-state index contributed by atoms with van der Waals surface area (Å²) in [5.74, 6) is 0.130. The van der Waals surface area contributed by atoms with Crippen molar-refractivity contribution < 1.29 is 9.53 Å². The van der Waals surface area contributed by atoms with Crippen LogP contribution < -0.4 is 5.32 Å². The second-order valence-corrected chi connectivity index (χ2v) is 5.96. The molecule has 1 aliphatic carbocycles. The number of amides is 1. The van der Waals surface area contributed by atoms with Crippen LogP contribution in [0.3, 0.4) is 0 Å². The number of nitrogens with zero attached hydrogens (tertiary/aromatic N) is 3. The molecule has 1 aliphatic heterocycles. The van der Waals surface area contributed by atoms with Gasteiger partial charge in [-0.2, -0.15) is 5.10 Å². The van der Waals surface area contributed by atoms with Crippen molar-refractivity contribution in [2.45, 2.75) is 45.8 Å². The standard InChI is InChI=1S/C15H24N4O2/c1-11-14(9-16-13-3-4-13)12(2)19(17-11)10-15(20)18-5-7-21-8-6-18/h13,16H,3-10H2,1-2H3. The summed E-state index contributed by atoms with van der Waals surface area (Å²) in [6, 6.07) is 0.683. The number of hydrogen-bond donors (Lipinski definition) is 1. The molecule has 0 bridgehead atoms. The molecule has 0 atom stereocenters. The van der Waals surface area contributed by atoms with Crippen LogP contribution in [0.1, 0.15) is 29.8 Å². The smallest absolute Gasteiger partial charge is 0.244 e. The molecule has 1 aromatic rings. The van der Waals surface area contributed by atoms with Gasteiger partial charge < -0.3 is 15.0 Å². The van der Waals surface area contributed by atoms with E-state index in [-0.39, 0.29) is 5.91 Å². The highest BCUT2D eigenvalue weighted by molar-refractivity contribution is 5.76. The number of nitrogens with one attached hydrogen (secondary N) is 1. The molecule has 0 radical (unpaired) electrons. The number of ether oxygens (including phenoxy) is 1. The zero-order valence-electron chi connectivity index (χ0n) is 12.9. The molecule has 2 heterocycles. The van der Waals surface area contributed by atoms with Crippen LogP contribution >= 0.6 is 0 Å². The molecule has 1 saturated heterocycles. The SMILES string of the molecule is Cc1nn(CC(=O)N2CCOCC2)c(C)c1CNC1CC1. The Bertz CT molecular complexity index is 516. The van der Waals surface area contributed by atoms with E-state index in [0.717, 1.165) is 17.9 Å². The fourth-order valence-electron chi connectivity index (χ4n) is 2.72. The van der Waals surface area contributed by atoms with E-state index < -0.39 is 0 Å². The summed E-state index contributed by atoms with van der Waals surface area (Å²) in [5.41, 5.74) is 3.36. The van der Waals surface area contributed by atoms with Crippen molar-refractivity contribution in [3.05, 3.63) is 17.0 Å². The second kappa shape index (κ2) is 6.15. The van der Waals surface area contributed by atoms with Gasteiger partial charge in [-0.25, -0.2) is 0 Å². The number of carbonyl (C=O) groups is 1. The van der Waals surface area contributed by atoms with E-state index in [1.165, 1.54) is 18.4 Å². The zero-order valence-corrected chi connectivity index (χ0v) is 12.9. The first-order valence-electron chi connectivity index (χ1n) is 7.77. The molecule has 21 heavy (non-hydrogen) atoms. The van der Waals surface area contributed by atoms with Gasteiger partial charge in [0.2, 0.25) is 5.91 Å². The van der Waals surface area contributed by atoms with Crippen molar-refractivity contribution in [1.82, 2.24) is 20.0 Å². The average Bonchev–Trinajstić information content (AvgIpc) is 3.27. The van der Waals surface area contributed by atoms with Crippen molar-refractivity contribution in [3.8, 4) is 0 Å². The molecule has 6 heteroatoms. The van der Waals surface area contributed by atoms with Gasteiger partial charge in [0.15, 0.2) is 0 Å². The normalized spacial score (nSPS) is 19.0. The lowest BCUT2D eigenvalue weighted by atomic mass is 10.2. The molecular weight excluding hydrogens is 268 g/mol. The maximum atomic E-state index is 12.3. The molecule has 6 nitrogen and oxygen atoms in total. The summed E-state index contributed by atoms with van der Waals surface area (Å²) in [5, 5.41) is 8.06. The van der Waals surface area contributed by atoms with Crippen molar-refractivity contribution in [3.63, 3.8) is 0 Å². The number of rotatable bonds is 5. The summed E-state index contributed by atoms with van der Waals surface area (Å²) in [6.45, 7) is 7.91. The highest BCUT2D eigenvalue weighted by Gasteiger charge is 2.23. The van der Waals surface area contributed by atoms with Gasteiger partial charge in [0.05, 0.1) is 18.9 Å². The molecule has 1 N–H and O–H groups in total. The Labute approximate surface area is 125 Å². The lowest BCUT2D eigenvalue weighted by molar-refractivity contribution is -0.136. The molecule has 1 saturated carbocycles. The van der Waals surface area contributed by atoms with E-state index in [1.54, 1.807) is 0 Å². The Kier molecular flexibility index (Phi) is 4.26. The highest BCUT2D eigenvalue weighted by Crippen LogP contribution is 2.21. The molecule has 3 rings (SSSR count). The van der Waals surface area contributed by atoms with Crippen molar-refractivity contribution >= 4 is 5.91 Å². The first-order chi connectivity index (χ1) is 10.1. The molecular formula is C15H24N4O2. The van der Waals surface area contributed by atoms with Crippen molar-refractivity contribution in [2.24, 2.45) is 0 Å². The van der Waals surface area contributed by atoms with Crippen LogP contribution in [0.2, 0.25) is 0 Å². The van der Waals surface area contributed by atoms with Gasteiger partial charge in [-0.05, 0) is 26.7 Å². The van der Waals surface area contributed by atoms with E-state index in [1.807, 2.05) is 16.5 Å². The van der Waals surface area contributed by atoms with Crippen LogP contribution in [0.5, 0.6) is 0 Å². The summed E-state index contributed by atoms with van der Waals surface area (Å²) in [6.07, 6.45) is 2.56. The summed E-state index contributed by atoms with van der Waals surface area (Å²) >= 11 is 0. The number of aromatic nitrogens is 2. The van der Waals surface area contributed by atoms with Crippen LogP contribution in [0.25, 0.3) is 0 Å². The van der Waals surface area contributed by atoms with Gasteiger partial charge in [0.1, 0.15) is 6.54 Å². The van der Waals surface area contributed by atoms with Crippen LogP contribution in [-0.4, -0.2) is 52.9 Å². The number of carbonyl (C=O) groups excluding carboxylic acids is 1. The summed E-state index contributed by atoms with van der Waals surface area (Å²) in [4.78, 5) is 14.2. The lowest BCUT2D eigenvalue weighted by Gasteiger charge is -2.26. The minimum absolute atomic E-state index is 0.130. The predicted octanol–water partition coefficient (Wildman–Crippen LogP) is 0.611. The molecule has 0 aromatic carbocycles. The fraction of sp³-hybridized carbons (Fsp3) is 0.733. The molecule has 1 aromatic heterocycles. The van der Waals surface area contributed by atoms with Crippen molar-refractivity contribution in [1.29, 1.82) is 0 Å². The third-order valence-electron chi connectivity index (χ3n) is 4.33. The average molecular weight is 292 g/mol. The maximum absolute atomic E-state index is 12.3. The number of hydrogen-bond acceptors (Lipinski definition) is 4. The molecule has 1 amide bonds. The van der Waals surface area contributed by atoms with Crippen LogP contribution in [-0.2, 0) is 22.6 Å². The van der Waals surface area contributed by atoms with Gasteiger partial charge in [-0.1, -0.05) is 0 Å². The maximum Gasteiger partial charge on any atom is 0.244 e. The van der Waals surface area contributed by atoms with Gasteiger partial charge in [-0.15, -0.1) is 0 Å². The van der Waals surface area contributed by atoms with Gasteiger partial charge in [0, 0.05) is 36.9 Å². The van der Waals surface area contributed by atoms with E-state index >= 15 is 0 Å². The van der Waals surface area contributed by atoms with Gasteiger partial charge >= 0.3 is 0 Å². The first-order valence-corrected chi connectivity index (χ1v) is 7.77. The van der Waals surface area contributed by atoms with Crippen LogP contribution in [0.4, 0.5) is 0 Å². The predicted molar refractivity (Wildman–Crippen MR) is 79.0 cm³/mol. The quantitative estimate of drug-likeness (QED) is 0.864. The Balaban J connectivity index is 1.64. The Morgan fingerprint density at radius 1 is 1.33 bits per heavy atom. The topological polar surface area (TPSA) is 59.4 Å². The lowest BCUT2D eigenvalue weighted by Crippen LogP contribution is -2.42. The minimum Gasteiger partial charge on any atom is -0.378 e. The fourth-order valence-corrected chi connectivity index (χ4v) is 2.72. The number of aryl methyl sites for hydroxylation is 1. The Hall–Kier alpha value is -1.40. The van der Waals surface area contributed by atoms with Crippen LogP contribution in [0, 0.1) is 13.8 Å². The summed E-state index contributed by atoms with van der Waals surface area (Å²) < 4.78 is 7.13. The van der Waals surface area contributed by atoms with E-state index in [2.05, 4.69) is 17.3 Å². The Morgan fingerprint density at radius 3 is 2.71 bits per heavy atom. The molecule has 116 valence electrons. The third-order valence-corrected chi connectivity index (χ3v) is 4.33. The highest BCUT2D eigenvalue weighted by atomic mass is 16.5. The third kappa shape index (κ3) is 3.44. The Morgan fingerprint density at radius 2 is 2.05 bits per heavy atom. The second-order valence-electron chi connectivity index (χ2n) is 5.96.